The van der Waals surface area contributed by atoms with Gasteiger partial charge in [0.05, 0.1) is 12.5 Å². The predicted molar refractivity (Wildman–Crippen MR) is 70.9 cm³/mol. The molecule has 0 saturated heterocycles. The SMILES string of the molecule is CC(NC(=O)Cc1ccccc1F)c1ccncc1. The van der Waals surface area contributed by atoms with E-state index in [1.165, 1.54) is 6.07 Å². The van der Waals surface area contributed by atoms with Crippen molar-refractivity contribution in [3.05, 3.63) is 65.7 Å². The quantitative estimate of drug-likeness (QED) is 0.916. The van der Waals surface area contributed by atoms with Crippen molar-refractivity contribution in [1.82, 2.24) is 10.3 Å². The van der Waals surface area contributed by atoms with Crippen molar-refractivity contribution < 1.29 is 9.18 Å². The van der Waals surface area contributed by atoms with Crippen molar-refractivity contribution in [3.8, 4) is 0 Å². The average molecular weight is 258 g/mol. The molecule has 0 aliphatic heterocycles. The molecule has 3 nitrogen and oxygen atoms in total. The Hall–Kier alpha value is -2.23. The van der Waals surface area contributed by atoms with E-state index in [1.54, 1.807) is 30.6 Å². The zero-order chi connectivity index (χ0) is 13.7. The van der Waals surface area contributed by atoms with Gasteiger partial charge in [-0.1, -0.05) is 18.2 Å². The second-order valence-electron chi connectivity index (χ2n) is 4.34. The molecule has 19 heavy (non-hydrogen) atoms. The number of hydrogen-bond acceptors (Lipinski definition) is 2. The van der Waals surface area contributed by atoms with E-state index in [0.717, 1.165) is 5.56 Å². The molecular weight excluding hydrogens is 243 g/mol. The number of rotatable bonds is 4. The Labute approximate surface area is 111 Å². The number of halogens is 1. The Bertz CT molecular complexity index is 557. The summed E-state index contributed by atoms with van der Waals surface area (Å²) in [5, 5.41) is 2.84. The third kappa shape index (κ3) is 3.61. The third-order valence-electron chi connectivity index (χ3n) is 2.89. The van der Waals surface area contributed by atoms with Crippen LogP contribution >= 0.6 is 0 Å². The molecule has 0 radical (unpaired) electrons. The summed E-state index contributed by atoms with van der Waals surface area (Å²) < 4.78 is 13.4. The number of amides is 1. The van der Waals surface area contributed by atoms with Crippen LogP contribution in [0.4, 0.5) is 4.39 Å². The maximum atomic E-state index is 13.4. The van der Waals surface area contributed by atoms with Crippen molar-refractivity contribution in [3.63, 3.8) is 0 Å². The molecule has 2 aromatic rings. The summed E-state index contributed by atoms with van der Waals surface area (Å²) >= 11 is 0. The Morgan fingerprint density at radius 3 is 2.63 bits per heavy atom. The van der Waals surface area contributed by atoms with Gasteiger partial charge in [0.1, 0.15) is 5.82 Å². The molecule has 1 N–H and O–H groups in total. The van der Waals surface area contributed by atoms with Gasteiger partial charge in [-0.2, -0.15) is 0 Å². The van der Waals surface area contributed by atoms with Gasteiger partial charge in [0.2, 0.25) is 5.91 Å². The minimum Gasteiger partial charge on any atom is -0.349 e. The van der Waals surface area contributed by atoms with Crippen LogP contribution in [0.5, 0.6) is 0 Å². The number of aromatic nitrogens is 1. The average Bonchev–Trinajstić information content (AvgIpc) is 2.42. The molecule has 1 aromatic heterocycles. The number of nitrogens with one attached hydrogen (secondary N) is 1. The van der Waals surface area contributed by atoms with Crippen molar-refractivity contribution in [1.29, 1.82) is 0 Å². The molecule has 0 spiro atoms. The molecule has 0 saturated carbocycles. The first-order valence-electron chi connectivity index (χ1n) is 6.09. The standard InChI is InChI=1S/C15H15FN2O/c1-11(12-6-8-17-9-7-12)18-15(19)10-13-4-2-3-5-14(13)16/h2-9,11H,10H2,1H3,(H,18,19). The minimum atomic E-state index is -0.353. The maximum absolute atomic E-state index is 13.4. The van der Waals surface area contributed by atoms with E-state index in [9.17, 15) is 9.18 Å². The van der Waals surface area contributed by atoms with Gasteiger partial charge in [0.15, 0.2) is 0 Å². The van der Waals surface area contributed by atoms with Crippen LogP contribution in [0, 0.1) is 5.82 Å². The monoisotopic (exact) mass is 258 g/mol. The van der Waals surface area contributed by atoms with Crippen LogP contribution in [0.1, 0.15) is 24.1 Å². The molecule has 98 valence electrons. The maximum Gasteiger partial charge on any atom is 0.225 e. The lowest BCUT2D eigenvalue weighted by Crippen LogP contribution is -2.28. The highest BCUT2D eigenvalue weighted by molar-refractivity contribution is 5.79. The molecule has 1 amide bonds. The van der Waals surface area contributed by atoms with Gasteiger partial charge in [-0.25, -0.2) is 4.39 Å². The number of hydrogen-bond donors (Lipinski definition) is 1. The van der Waals surface area contributed by atoms with E-state index in [2.05, 4.69) is 10.3 Å². The topological polar surface area (TPSA) is 42.0 Å². The largest absolute Gasteiger partial charge is 0.349 e. The van der Waals surface area contributed by atoms with Gasteiger partial charge in [-0.15, -0.1) is 0 Å². The summed E-state index contributed by atoms with van der Waals surface area (Å²) in [7, 11) is 0. The molecular formula is C15H15FN2O. The van der Waals surface area contributed by atoms with Crippen LogP contribution in [0.2, 0.25) is 0 Å². The fourth-order valence-corrected chi connectivity index (χ4v) is 1.84. The highest BCUT2D eigenvalue weighted by atomic mass is 19.1. The summed E-state index contributed by atoms with van der Waals surface area (Å²) in [6.45, 7) is 1.88. The Balaban J connectivity index is 1.97. The number of nitrogens with zero attached hydrogens (tertiary/aromatic N) is 1. The summed E-state index contributed by atoms with van der Waals surface area (Å²) in [4.78, 5) is 15.8. The Morgan fingerprint density at radius 2 is 1.95 bits per heavy atom. The van der Waals surface area contributed by atoms with E-state index >= 15 is 0 Å². The fraction of sp³-hybridized carbons (Fsp3) is 0.200. The summed E-state index contributed by atoms with van der Waals surface area (Å²) in [6.07, 6.45) is 3.39. The van der Waals surface area contributed by atoms with E-state index < -0.39 is 0 Å². The summed E-state index contributed by atoms with van der Waals surface area (Å²) in [5.41, 5.74) is 1.37. The molecule has 2 rings (SSSR count). The summed E-state index contributed by atoms with van der Waals surface area (Å²) in [5.74, 6) is -0.552. The van der Waals surface area contributed by atoms with E-state index in [0.29, 0.717) is 5.56 Å². The van der Waals surface area contributed by atoms with Gasteiger partial charge in [0, 0.05) is 12.4 Å². The van der Waals surface area contributed by atoms with E-state index in [-0.39, 0.29) is 24.2 Å². The van der Waals surface area contributed by atoms with Crippen molar-refractivity contribution in [2.75, 3.05) is 0 Å². The lowest BCUT2D eigenvalue weighted by atomic mass is 10.1. The second kappa shape index (κ2) is 6.09. The van der Waals surface area contributed by atoms with Crippen molar-refractivity contribution in [2.45, 2.75) is 19.4 Å². The molecule has 0 aliphatic rings. The molecule has 1 unspecified atom stereocenters. The van der Waals surface area contributed by atoms with Crippen LogP contribution in [0.25, 0.3) is 0 Å². The third-order valence-corrected chi connectivity index (χ3v) is 2.89. The number of benzene rings is 1. The van der Waals surface area contributed by atoms with Gasteiger partial charge in [-0.05, 0) is 36.2 Å². The molecule has 0 aliphatic carbocycles. The van der Waals surface area contributed by atoms with E-state index in [4.69, 9.17) is 0 Å². The summed E-state index contributed by atoms with van der Waals surface area (Å²) in [6, 6.07) is 9.86. The minimum absolute atomic E-state index is 0.0437. The molecule has 1 heterocycles. The van der Waals surface area contributed by atoms with Gasteiger partial charge in [-0.3, -0.25) is 9.78 Å². The van der Waals surface area contributed by atoms with Crippen molar-refractivity contribution in [2.24, 2.45) is 0 Å². The number of carbonyl (C=O) groups excluding carboxylic acids is 1. The van der Waals surface area contributed by atoms with Crippen molar-refractivity contribution >= 4 is 5.91 Å². The predicted octanol–water partition coefficient (Wildman–Crippen LogP) is 2.64. The smallest absolute Gasteiger partial charge is 0.225 e. The first-order valence-corrected chi connectivity index (χ1v) is 6.09. The van der Waals surface area contributed by atoms with Gasteiger partial charge < -0.3 is 5.32 Å². The highest BCUT2D eigenvalue weighted by Crippen LogP contribution is 2.12. The number of pyridine rings is 1. The lowest BCUT2D eigenvalue weighted by Gasteiger charge is -2.14. The van der Waals surface area contributed by atoms with Crippen LogP contribution in [-0.4, -0.2) is 10.9 Å². The molecule has 1 atom stereocenters. The van der Waals surface area contributed by atoms with Crippen LogP contribution in [0.3, 0.4) is 0 Å². The molecule has 0 fully saturated rings. The molecule has 1 aromatic carbocycles. The van der Waals surface area contributed by atoms with Crippen LogP contribution < -0.4 is 5.32 Å². The Kier molecular flexibility index (Phi) is 4.23. The van der Waals surface area contributed by atoms with Gasteiger partial charge >= 0.3 is 0 Å². The Morgan fingerprint density at radius 1 is 1.26 bits per heavy atom. The van der Waals surface area contributed by atoms with E-state index in [1.807, 2.05) is 19.1 Å². The first kappa shape index (κ1) is 13.2. The zero-order valence-corrected chi connectivity index (χ0v) is 10.6. The normalized spacial score (nSPS) is 11.9. The lowest BCUT2D eigenvalue weighted by molar-refractivity contribution is -0.121. The highest BCUT2D eigenvalue weighted by Gasteiger charge is 2.11. The molecule has 4 heteroatoms. The fourth-order valence-electron chi connectivity index (χ4n) is 1.84. The van der Waals surface area contributed by atoms with Crippen LogP contribution in [-0.2, 0) is 11.2 Å². The van der Waals surface area contributed by atoms with Gasteiger partial charge in [0.25, 0.3) is 0 Å². The first-order chi connectivity index (χ1) is 9.16. The number of carbonyl (C=O) groups is 1. The van der Waals surface area contributed by atoms with Crippen LogP contribution in [0.15, 0.2) is 48.8 Å². The second-order valence-corrected chi connectivity index (χ2v) is 4.34. The zero-order valence-electron chi connectivity index (χ0n) is 10.6. The molecule has 0 bridgehead atoms.